The van der Waals surface area contributed by atoms with Gasteiger partial charge in [-0.25, -0.2) is 4.98 Å². The number of aliphatic hydroxyl groups excluding tert-OH is 1. The van der Waals surface area contributed by atoms with E-state index < -0.39 is 0 Å². The van der Waals surface area contributed by atoms with E-state index in [4.69, 9.17) is 5.11 Å². The number of rotatable bonds is 7. The lowest BCUT2D eigenvalue weighted by atomic mass is 10.3. The van der Waals surface area contributed by atoms with E-state index in [1.54, 1.807) is 12.4 Å². The summed E-state index contributed by atoms with van der Waals surface area (Å²) in [6.45, 7) is 3.78. The first-order valence-corrected chi connectivity index (χ1v) is 5.67. The quantitative estimate of drug-likeness (QED) is 0.726. The molecule has 0 saturated heterocycles. The maximum Gasteiger partial charge on any atom is 0.149 e. The van der Waals surface area contributed by atoms with Crippen molar-refractivity contribution >= 4 is 11.6 Å². The van der Waals surface area contributed by atoms with E-state index >= 15 is 0 Å². The van der Waals surface area contributed by atoms with Gasteiger partial charge in [0.1, 0.15) is 11.6 Å². The second-order valence-corrected chi connectivity index (χ2v) is 3.58. The molecule has 0 aliphatic heterocycles. The topological polar surface area (TPSA) is 61.3 Å². The fourth-order valence-corrected chi connectivity index (χ4v) is 1.44. The number of unbranched alkanes of at least 4 members (excludes halogenated alkanes) is 1. The highest BCUT2D eigenvalue weighted by atomic mass is 16.3. The van der Waals surface area contributed by atoms with Crippen LogP contribution in [0.1, 0.15) is 19.8 Å². The van der Waals surface area contributed by atoms with Crippen molar-refractivity contribution in [1.29, 1.82) is 0 Å². The number of hydrogen-bond donors (Lipinski definition) is 2. The van der Waals surface area contributed by atoms with Gasteiger partial charge >= 0.3 is 0 Å². The third-order valence-corrected chi connectivity index (χ3v) is 2.35. The van der Waals surface area contributed by atoms with Crippen LogP contribution >= 0.6 is 0 Å². The van der Waals surface area contributed by atoms with Gasteiger partial charge in [0, 0.05) is 20.1 Å². The van der Waals surface area contributed by atoms with Gasteiger partial charge in [-0.3, -0.25) is 4.98 Å². The van der Waals surface area contributed by atoms with Crippen LogP contribution in [0, 0.1) is 0 Å². The summed E-state index contributed by atoms with van der Waals surface area (Å²) in [6.07, 6.45) is 5.62. The van der Waals surface area contributed by atoms with Crippen LogP contribution in [-0.4, -0.2) is 41.8 Å². The average molecular weight is 224 g/mol. The monoisotopic (exact) mass is 224 g/mol. The highest BCUT2D eigenvalue weighted by Crippen LogP contribution is 2.12. The highest BCUT2D eigenvalue weighted by Gasteiger charge is 2.07. The Balaban J connectivity index is 2.73. The van der Waals surface area contributed by atoms with Gasteiger partial charge in [-0.05, 0) is 6.42 Å². The lowest BCUT2D eigenvalue weighted by Crippen LogP contribution is -2.28. The molecular weight excluding hydrogens is 204 g/mol. The van der Waals surface area contributed by atoms with E-state index in [1.807, 2.05) is 7.05 Å². The Morgan fingerprint density at radius 1 is 1.38 bits per heavy atom. The summed E-state index contributed by atoms with van der Waals surface area (Å²) in [4.78, 5) is 10.6. The summed E-state index contributed by atoms with van der Waals surface area (Å²) < 4.78 is 0. The third kappa shape index (κ3) is 3.66. The Morgan fingerprint density at radius 2 is 2.19 bits per heavy atom. The first-order valence-electron chi connectivity index (χ1n) is 5.67. The summed E-state index contributed by atoms with van der Waals surface area (Å²) in [5.41, 5.74) is 0. The Labute approximate surface area is 96.5 Å². The first-order chi connectivity index (χ1) is 7.81. The van der Waals surface area contributed by atoms with E-state index in [1.165, 1.54) is 0 Å². The smallest absolute Gasteiger partial charge is 0.149 e. The fraction of sp³-hybridized carbons (Fsp3) is 0.636. The van der Waals surface area contributed by atoms with Crippen LogP contribution in [0.15, 0.2) is 12.4 Å². The van der Waals surface area contributed by atoms with Crippen molar-refractivity contribution < 1.29 is 5.11 Å². The molecule has 0 aliphatic carbocycles. The zero-order valence-electron chi connectivity index (χ0n) is 9.98. The molecule has 1 rings (SSSR count). The molecule has 0 amide bonds. The number of aliphatic hydroxyl groups is 1. The molecule has 0 aliphatic rings. The maximum absolute atomic E-state index is 9.02. The van der Waals surface area contributed by atoms with Crippen molar-refractivity contribution in [2.24, 2.45) is 0 Å². The predicted octanol–water partition coefficient (Wildman–Crippen LogP) is 1.12. The second-order valence-electron chi connectivity index (χ2n) is 3.58. The molecule has 1 aromatic rings. The minimum Gasteiger partial charge on any atom is -0.395 e. The summed E-state index contributed by atoms with van der Waals surface area (Å²) in [5, 5.41) is 12.0. The molecule has 1 aromatic heterocycles. The Kier molecular flexibility index (Phi) is 5.56. The van der Waals surface area contributed by atoms with Crippen molar-refractivity contribution in [3.05, 3.63) is 12.4 Å². The number of aromatic nitrogens is 2. The van der Waals surface area contributed by atoms with Crippen LogP contribution in [0.25, 0.3) is 0 Å². The second kappa shape index (κ2) is 7.00. The maximum atomic E-state index is 9.02. The largest absolute Gasteiger partial charge is 0.395 e. The molecule has 2 N–H and O–H groups in total. The van der Waals surface area contributed by atoms with Gasteiger partial charge < -0.3 is 15.3 Å². The van der Waals surface area contributed by atoms with E-state index in [2.05, 4.69) is 27.1 Å². The van der Waals surface area contributed by atoms with Gasteiger partial charge in [-0.15, -0.1) is 0 Å². The van der Waals surface area contributed by atoms with Gasteiger partial charge in [-0.1, -0.05) is 13.3 Å². The zero-order valence-corrected chi connectivity index (χ0v) is 9.98. The zero-order chi connectivity index (χ0) is 11.8. The Bertz CT molecular complexity index is 306. The van der Waals surface area contributed by atoms with Crippen LogP contribution < -0.4 is 10.2 Å². The molecule has 16 heavy (non-hydrogen) atoms. The Hall–Kier alpha value is -1.36. The fourth-order valence-electron chi connectivity index (χ4n) is 1.44. The summed E-state index contributed by atoms with van der Waals surface area (Å²) in [6, 6.07) is 0. The molecule has 0 unspecified atom stereocenters. The van der Waals surface area contributed by atoms with Crippen LogP contribution in [0.4, 0.5) is 11.6 Å². The molecule has 0 spiro atoms. The number of nitrogens with one attached hydrogen (secondary N) is 1. The number of hydrogen-bond acceptors (Lipinski definition) is 5. The van der Waals surface area contributed by atoms with Gasteiger partial charge in [0.25, 0.3) is 0 Å². The summed E-state index contributed by atoms with van der Waals surface area (Å²) in [5.74, 6) is 1.56. The first kappa shape index (κ1) is 12.7. The third-order valence-electron chi connectivity index (χ3n) is 2.35. The lowest BCUT2D eigenvalue weighted by Gasteiger charge is -2.22. The van der Waals surface area contributed by atoms with Gasteiger partial charge in [0.2, 0.25) is 0 Å². The minimum absolute atomic E-state index is 0.134. The van der Waals surface area contributed by atoms with Crippen molar-refractivity contribution in [3.8, 4) is 0 Å². The van der Waals surface area contributed by atoms with Crippen molar-refractivity contribution in [3.63, 3.8) is 0 Å². The van der Waals surface area contributed by atoms with Gasteiger partial charge in [0.05, 0.1) is 19.0 Å². The average Bonchev–Trinajstić information content (AvgIpc) is 2.34. The molecular formula is C11H20N4O. The van der Waals surface area contributed by atoms with Gasteiger partial charge in [0.15, 0.2) is 0 Å². The molecule has 0 radical (unpaired) electrons. The lowest BCUT2D eigenvalue weighted by molar-refractivity contribution is 0.301. The molecule has 0 saturated carbocycles. The van der Waals surface area contributed by atoms with Crippen LogP contribution in [-0.2, 0) is 0 Å². The summed E-state index contributed by atoms with van der Waals surface area (Å²) in [7, 11) is 1.82. The van der Waals surface area contributed by atoms with E-state index in [9.17, 15) is 0 Å². The molecule has 90 valence electrons. The normalized spacial score (nSPS) is 10.2. The summed E-state index contributed by atoms with van der Waals surface area (Å²) >= 11 is 0. The van der Waals surface area contributed by atoms with E-state index in [0.29, 0.717) is 6.54 Å². The van der Waals surface area contributed by atoms with Crippen LogP contribution in [0.5, 0.6) is 0 Å². The Morgan fingerprint density at radius 3 is 2.81 bits per heavy atom. The molecule has 0 aromatic carbocycles. The standard InChI is InChI=1S/C11H20N4O/c1-3-4-5-15(6-7-16)11-9-13-8-10(12-2)14-11/h8-9,16H,3-7H2,1-2H3,(H,12,14). The highest BCUT2D eigenvalue weighted by molar-refractivity contribution is 5.43. The number of nitrogens with zero attached hydrogens (tertiary/aromatic N) is 3. The van der Waals surface area contributed by atoms with E-state index in [-0.39, 0.29) is 6.61 Å². The minimum atomic E-state index is 0.134. The van der Waals surface area contributed by atoms with Crippen molar-refractivity contribution in [1.82, 2.24) is 9.97 Å². The molecule has 1 heterocycles. The van der Waals surface area contributed by atoms with Crippen LogP contribution in [0.2, 0.25) is 0 Å². The molecule has 5 heteroatoms. The SMILES string of the molecule is CCCCN(CCO)c1cncc(NC)n1. The van der Waals surface area contributed by atoms with Crippen LogP contribution in [0.3, 0.4) is 0 Å². The van der Waals surface area contributed by atoms with Crippen molar-refractivity contribution in [2.45, 2.75) is 19.8 Å². The van der Waals surface area contributed by atoms with Crippen molar-refractivity contribution in [2.75, 3.05) is 37.0 Å². The van der Waals surface area contributed by atoms with E-state index in [0.717, 1.165) is 31.0 Å². The predicted molar refractivity (Wildman–Crippen MR) is 65.8 cm³/mol. The molecule has 0 bridgehead atoms. The molecule has 5 nitrogen and oxygen atoms in total. The van der Waals surface area contributed by atoms with Gasteiger partial charge in [-0.2, -0.15) is 0 Å². The number of anilines is 2. The molecule has 0 fully saturated rings. The molecule has 0 atom stereocenters.